The van der Waals surface area contributed by atoms with E-state index in [1.807, 2.05) is 6.08 Å². The Morgan fingerprint density at radius 3 is 2.53 bits per heavy atom. The number of carbonyl (C=O) groups excluding carboxylic acids is 1. The highest BCUT2D eigenvalue weighted by Crippen LogP contribution is 2.24. The summed E-state index contributed by atoms with van der Waals surface area (Å²) in [5.74, 6) is 0.0542. The molecule has 0 spiro atoms. The molecule has 0 radical (unpaired) electrons. The minimum Gasteiger partial charge on any atom is -0.462 e. The molecule has 2 aliphatic rings. The van der Waals surface area contributed by atoms with Crippen LogP contribution in [-0.4, -0.2) is 12.1 Å². The molecule has 0 saturated heterocycles. The van der Waals surface area contributed by atoms with Gasteiger partial charge in [0.05, 0.1) is 5.92 Å². The van der Waals surface area contributed by atoms with E-state index in [1.54, 1.807) is 0 Å². The highest BCUT2D eigenvalue weighted by molar-refractivity contribution is 5.74. The van der Waals surface area contributed by atoms with Crippen LogP contribution in [0.4, 0.5) is 0 Å². The van der Waals surface area contributed by atoms with E-state index in [4.69, 9.17) is 4.74 Å². The first kappa shape index (κ1) is 10.7. The molecule has 0 heterocycles. The standard InChI is InChI=1S/C13H20O2/c14-13(11-7-3-1-4-8-11)15-12-9-5-2-6-10-12/h3,7,11-12H,1-2,4-6,8-10H2. The van der Waals surface area contributed by atoms with Crippen LogP contribution in [0.15, 0.2) is 12.2 Å². The zero-order valence-electron chi connectivity index (χ0n) is 9.28. The minimum atomic E-state index is 0.0119. The monoisotopic (exact) mass is 208 g/mol. The lowest BCUT2D eigenvalue weighted by atomic mass is 9.95. The minimum absolute atomic E-state index is 0.0119. The molecule has 2 nitrogen and oxygen atoms in total. The van der Waals surface area contributed by atoms with E-state index in [0.717, 1.165) is 32.1 Å². The lowest BCUT2D eigenvalue weighted by Crippen LogP contribution is -2.25. The van der Waals surface area contributed by atoms with Crippen molar-refractivity contribution in [2.45, 2.75) is 57.5 Å². The fourth-order valence-electron chi connectivity index (χ4n) is 2.44. The van der Waals surface area contributed by atoms with Crippen LogP contribution in [-0.2, 0) is 9.53 Å². The number of hydrogen-bond acceptors (Lipinski definition) is 2. The van der Waals surface area contributed by atoms with Crippen molar-refractivity contribution in [2.75, 3.05) is 0 Å². The number of esters is 1. The SMILES string of the molecule is O=C(OC1CCCCC1)C1C=CCCC1. The van der Waals surface area contributed by atoms with Crippen LogP contribution in [0, 0.1) is 5.92 Å². The molecule has 0 amide bonds. The van der Waals surface area contributed by atoms with Crippen molar-refractivity contribution < 1.29 is 9.53 Å². The van der Waals surface area contributed by atoms with Gasteiger partial charge in [0.25, 0.3) is 0 Å². The van der Waals surface area contributed by atoms with Crippen LogP contribution in [0.3, 0.4) is 0 Å². The van der Waals surface area contributed by atoms with Crippen molar-refractivity contribution in [1.29, 1.82) is 0 Å². The van der Waals surface area contributed by atoms with Gasteiger partial charge in [-0.1, -0.05) is 18.6 Å². The first-order valence-electron chi connectivity index (χ1n) is 6.23. The van der Waals surface area contributed by atoms with Crippen molar-refractivity contribution in [1.82, 2.24) is 0 Å². The second-order valence-electron chi connectivity index (χ2n) is 4.66. The molecule has 15 heavy (non-hydrogen) atoms. The van der Waals surface area contributed by atoms with Crippen molar-refractivity contribution in [3.63, 3.8) is 0 Å². The molecule has 2 aliphatic carbocycles. The van der Waals surface area contributed by atoms with Crippen LogP contribution in [0.25, 0.3) is 0 Å². The number of allylic oxidation sites excluding steroid dienone is 1. The molecular weight excluding hydrogens is 188 g/mol. The van der Waals surface area contributed by atoms with E-state index in [1.165, 1.54) is 19.3 Å². The number of hydrogen-bond donors (Lipinski definition) is 0. The Balaban J connectivity index is 1.79. The van der Waals surface area contributed by atoms with Gasteiger partial charge in [0.1, 0.15) is 6.10 Å². The first-order chi connectivity index (χ1) is 7.36. The van der Waals surface area contributed by atoms with Crippen LogP contribution < -0.4 is 0 Å². The summed E-state index contributed by atoms with van der Waals surface area (Å²) in [4.78, 5) is 11.8. The van der Waals surface area contributed by atoms with Crippen LogP contribution in [0.2, 0.25) is 0 Å². The Morgan fingerprint density at radius 2 is 1.87 bits per heavy atom. The van der Waals surface area contributed by atoms with E-state index < -0.39 is 0 Å². The molecular formula is C13H20O2. The number of carbonyl (C=O) groups is 1. The maximum absolute atomic E-state index is 11.8. The zero-order chi connectivity index (χ0) is 10.5. The zero-order valence-corrected chi connectivity index (χ0v) is 9.28. The Bertz CT molecular complexity index is 239. The van der Waals surface area contributed by atoms with Crippen molar-refractivity contribution in [3.05, 3.63) is 12.2 Å². The quantitative estimate of drug-likeness (QED) is 0.514. The van der Waals surface area contributed by atoms with Gasteiger partial charge in [0.15, 0.2) is 0 Å². The molecule has 1 unspecified atom stereocenters. The van der Waals surface area contributed by atoms with Gasteiger partial charge in [0.2, 0.25) is 0 Å². The van der Waals surface area contributed by atoms with Crippen LogP contribution in [0.5, 0.6) is 0 Å². The maximum atomic E-state index is 11.8. The number of ether oxygens (including phenoxy) is 1. The Kier molecular flexibility index (Phi) is 3.81. The van der Waals surface area contributed by atoms with E-state index in [9.17, 15) is 4.79 Å². The third-order valence-electron chi connectivity index (χ3n) is 3.39. The summed E-state index contributed by atoms with van der Waals surface area (Å²) in [5.41, 5.74) is 0. The Hall–Kier alpha value is -0.790. The average Bonchev–Trinajstić information content (AvgIpc) is 2.31. The summed E-state index contributed by atoms with van der Waals surface area (Å²) in [5, 5.41) is 0. The summed E-state index contributed by atoms with van der Waals surface area (Å²) in [6.45, 7) is 0. The molecule has 1 fully saturated rings. The lowest BCUT2D eigenvalue weighted by Gasteiger charge is -2.24. The smallest absolute Gasteiger partial charge is 0.313 e. The molecule has 2 rings (SSSR count). The Morgan fingerprint density at radius 1 is 1.07 bits per heavy atom. The predicted octanol–water partition coefficient (Wildman–Crippen LogP) is 3.22. The van der Waals surface area contributed by atoms with Gasteiger partial charge in [-0.25, -0.2) is 0 Å². The first-order valence-corrected chi connectivity index (χ1v) is 6.23. The van der Waals surface area contributed by atoms with Gasteiger partial charge in [-0.3, -0.25) is 4.79 Å². The normalized spacial score (nSPS) is 27.6. The van der Waals surface area contributed by atoms with Gasteiger partial charge in [-0.2, -0.15) is 0 Å². The third-order valence-corrected chi connectivity index (χ3v) is 3.39. The Labute approximate surface area is 91.7 Å². The van der Waals surface area contributed by atoms with E-state index >= 15 is 0 Å². The highest BCUT2D eigenvalue weighted by Gasteiger charge is 2.23. The van der Waals surface area contributed by atoms with Crippen molar-refractivity contribution in [2.24, 2.45) is 5.92 Å². The molecule has 84 valence electrons. The molecule has 0 aromatic carbocycles. The largest absolute Gasteiger partial charge is 0.462 e. The summed E-state index contributed by atoms with van der Waals surface area (Å²) in [6.07, 6.45) is 13.4. The van der Waals surface area contributed by atoms with E-state index in [0.29, 0.717) is 0 Å². The van der Waals surface area contributed by atoms with Gasteiger partial charge < -0.3 is 4.74 Å². The van der Waals surface area contributed by atoms with E-state index in [2.05, 4.69) is 6.08 Å². The molecule has 2 heteroatoms. The molecule has 0 aliphatic heterocycles. The number of rotatable bonds is 2. The molecule has 1 saturated carbocycles. The molecule has 0 N–H and O–H groups in total. The second kappa shape index (κ2) is 5.34. The van der Waals surface area contributed by atoms with E-state index in [-0.39, 0.29) is 18.0 Å². The van der Waals surface area contributed by atoms with Gasteiger partial charge >= 0.3 is 5.97 Å². The van der Waals surface area contributed by atoms with Crippen molar-refractivity contribution in [3.8, 4) is 0 Å². The maximum Gasteiger partial charge on any atom is 0.313 e. The summed E-state index contributed by atoms with van der Waals surface area (Å²) in [6, 6.07) is 0. The summed E-state index contributed by atoms with van der Waals surface area (Å²) >= 11 is 0. The molecule has 1 atom stereocenters. The third kappa shape index (κ3) is 3.08. The van der Waals surface area contributed by atoms with Gasteiger partial charge in [-0.05, 0) is 44.9 Å². The fraction of sp³-hybridized carbons (Fsp3) is 0.769. The van der Waals surface area contributed by atoms with Gasteiger partial charge in [0, 0.05) is 0 Å². The second-order valence-corrected chi connectivity index (χ2v) is 4.66. The summed E-state index contributed by atoms with van der Waals surface area (Å²) < 4.78 is 5.54. The lowest BCUT2D eigenvalue weighted by molar-refractivity contribution is -0.154. The van der Waals surface area contributed by atoms with Crippen LogP contribution >= 0.6 is 0 Å². The highest BCUT2D eigenvalue weighted by atomic mass is 16.5. The average molecular weight is 208 g/mol. The molecule has 0 aromatic rings. The van der Waals surface area contributed by atoms with Crippen molar-refractivity contribution >= 4 is 5.97 Å². The topological polar surface area (TPSA) is 26.3 Å². The fourth-order valence-corrected chi connectivity index (χ4v) is 2.44. The van der Waals surface area contributed by atoms with Crippen LogP contribution in [0.1, 0.15) is 51.4 Å². The molecule has 0 aromatic heterocycles. The van der Waals surface area contributed by atoms with Gasteiger partial charge in [-0.15, -0.1) is 0 Å². The molecule has 0 bridgehead atoms. The predicted molar refractivity (Wildman–Crippen MR) is 59.4 cm³/mol. The summed E-state index contributed by atoms with van der Waals surface area (Å²) in [7, 11) is 0.